The molecule has 3 rings (SSSR count). The lowest BCUT2D eigenvalue weighted by Crippen LogP contribution is -2.35. The first kappa shape index (κ1) is 14.7. The molecule has 1 N–H and O–H groups in total. The molecular formula is C18H27NO2. The Kier molecular flexibility index (Phi) is 4.12. The average molecular weight is 289 g/mol. The van der Waals surface area contributed by atoms with Gasteiger partial charge in [0.25, 0.3) is 0 Å². The lowest BCUT2D eigenvalue weighted by molar-refractivity contribution is 0.0703. The predicted octanol–water partition coefficient (Wildman–Crippen LogP) is 3.73. The van der Waals surface area contributed by atoms with Crippen LogP contribution in [0.4, 0.5) is 0 Å². The summed E-state index contributed by atoms with van der Waals surface area (Å²) in [5.41, 5.74) is 1.24. The number of hydrogen-bond donors (Lipinski definition) is 1. The summed E-state index contributed by atoms with van der Waals surface area (Å²) in [6.07, 6.45) is 4.86. The highest BCUT2D eigenvalue weighted by molar-refractivity contribution is 5.44. The lowest BCUT2D eigenvalue weighted by Gasteiger charge is -2.38. The Balaban J connectivity index is 1.78. The Morgan fingerprint density at radius 2 is 2.14 bits per heavy atom. The van der Waals surface area contributed by atoms with Crippen molar-refractivity contribution < 1.29 is 9.47 Å². The molecule has 1 atom stereocenters. The minimum atomic E-state index is -0.0816. The Morgan fingerprint density at radius 1 is 1.33 bits per heavy atom. The predicted molar refractivity (Wildman–Crippen MR) is 85.3 cm³/mol. The number of hydrogen-bond acceptors (Lipinski definition) is 3. The van der Waals surface area contributed by atoms with Gasteiger partial charge in [-0.25, -0.2) is 0 Å². The molecule has 1 aliphatic carbocycles. The quantitative estimate of drug-likeness (QED) is 0.865. The van der Waals surface area contributed by atoms with E-state index in [0.717, 1.165) is 43.4 Å². The number of fused-ring (bicyclic) bond motifs is 1. The summed E-state index contributed by atoms with van der Waals surface area (Å²) < 4.78 is 12.1. The second kappa shape index (κ2) is 5.88. The van der Waals surface area contributed by atoms with E-state index in [-0.39, 0.29) is 5.60 Å². The lowest BCUT2D eigenvalue weighted by atomic mass is 9.82. The van der Waals surface area contributed by atoms with Crippen LogP contribution in [-0.4, -0.2) is 25.8 Å². The van der Waals surface area contributed by atoms with Gasteiger partial charge in [0.15, 0.2) is 0 Å². The first-order chi connectivity index (χ1) is 10.1. The van der Waals surface area contributed by atoms with Gasteiger partial charge in [-0.3, -0.25) is 0 Å². The molecule has 1 aromatic carbocycles. The molecule has 0 unspecified atom stereocenters. The van der Waals surface area contributed by atoms with Crippen LogP contribution in [-0.2, 0) is 0 Å². The fourth-order valence-corrected chi connectivity index (χ4v) is 3.15. The van der Waals surface area contributed by atoms with Crippen molar-refractivity contribution in [2.45, 2.75) is 51.0 Å². The molecule has 1 heterocycles. The maximum absolute atomic E-state index is 6.15. The van der Waals surface area contributed by atoms with Crippen LogP contribution in [0.1, 0.15) is 51.0 Å². The summed E-state index contributed by atoms with van der Waals surface area (Å²) in [5, 5.41) is 3.26. The van der Waals surface area contributed by atoms with Crippen molar-refractivity contribution in [1.29, 1.82) is 0 Å². The third kappa shape index (κ3) is 3.70. The minimum Gasteiger partial charge on any atom is -0.493 e. The van der Waals surface area contributed by atoms with Crippen molar-refractivity contribution >= 4 is 0 Å². The van der Waals surface area contributed by atoms with Gasteiger partial charge < -0.3 is 14.8 Å². The molecule has 3 heteroatoms. The van der Waals surface area contributed by atoms with Crippen LogP contribution in [0.15, 0.2) is 18.2 Å². The zero-order valence-electron chi connectivity index (χ0n) is 13.4. The van der Waals surface area contributed by atoms with Gasteiger partial charge in [-0.1, -0.05) is 0 Å². The standard InChI is InChI=1S/C18H27NO2/c1-18(2)11-14(8-9-19-3)16-10-15(6-7-17(16)21-18)20-12-13-4-5-13/h6-7,10,13-14,19H,4-5,8-9,11-12H2,1-3H3/t14-/m0/s1. The Bertz CT molecular complexity index is 494. The molecular weight excluding hydrogens is 262 g/mol. The van der Waals surface area contributed by atoms with E-state index in [1.54, 1.807) is 0 Å². The summed E-state index contributed by atoms with van der Waals surface area (Å²) in [6.45, 7) is 6.26. The molecule has 3 nitrogen and oxygen atoms in total. The van der Waals surface area contributed by atoms with E-state index in [2.05, 4.69) is 37.4 Å². The second-order valence-corrected chi connectivity index (χ2v) is 7.11. The molecule has 0 bridgehead atoms. The van der Waals surface area contributed by atoms with E-state index < -0.39 is 0 Å². The maximum atomic E-state index is 6.15. The summed E-state index contributed by atoms with van der Waals surface area (Å²) in [7, 11) is 2.01. The second-order valence-electron chi connectivity index (χ2n) is 7.11. The van der Waals surface area contributed by atoms with Crippen LogP contribution in [0.3, 0.4) is 0 Å². The van der Waals surface area contributed by atoms with Crippen molar-refractivity contribution in [3.8, 4) is 11.5 Å². The van der Waals surface area contributed by atoms with Gasteiger partial charge in [0.1, 0.15) is 17.1 Å². The highest BCUT2D eigenvalue weighted by atomic mass is 16.5. The molecule has 0 amide bonds. The Morgan fingerprint density at radius 3 is 2.86 bits per heavy atom. The van der Waals surface area contributed by atoms with Gasteiger partial charge >= 0.3 is 0 Å². The van der Waals surface area contributed by atoms with E-state index in [9.17, 15) is 0 Å². The third-order valence-electron chi connectivity index (χ3n) is 4.47. The Hall–Kier alpha value is -1.22. The minimum absolute atomic E-state index is 0.0816. The van der Waals surface area contributed by atoms with Crippen molar-refractivity contribution in [3.63, 3.8) is 0 Å². The zero-order valence-corrected chi connectivity index (χ0v) is 13.4. The van der Waals surface area contributed by atoms with Gasteiger partial charge in [0, 0.05) is 5.56 Å². The van der Waals surface area contributed by atoms with Crippen LogP contribution in [0, 0.1) is 5.92 Å². The van der Waals surface area contributed by atoms with E-state index in [1.807, 2.05) is 7.05 Å². The number of benzene rings is 1. The number of nitrogens with one attached hydrogen (secondary N) is 1. The summed E-state index contributed by atoms with van der Waals surface area (Å²) >= 11 is 0. The average Bonchev–Trinajstić information content (AvgIpc) is 3.26. The first-order valence-electron chi connectivity index (χ1n) is 8.18. The van der Waals surface area contributed by atoms with Crippen molar-refractivity contribution in [3.05, 3.63) is 23.8 Å². The monoisotopic (exact) mass is 289 g/mol. The van der Waals surface area contributed by atoms with Crippen LogP contribution in [0.2, 0.25) is 0 Å². The summed E-state index contributed by atoms with van der Waals surface area (Å²) in [5.74, 6) is 3.36. The summed E-state index contributed by atoms with van der Waals surface area (Å²) in [6, 6.07) is 6.34. The highest BCUT2D eigenvalue weighted by Crippen LogP contribution is 2.44. The summed E-state index contributed by atoms with van der Waals surface area (Å²) in [4.78, 5) is 0. The van der Waals surface area contributed by atoms with Crippen LogP contribution in [0.5, 0.6) is 11.5 Å². The van der Waals surface area contributed by atoms with E-state index in [0.29, 0.717) is 5.92 Å². The fourth-order valence-electron chi connectivity index (χ4n) is 3.15. The normalized spacial score (nSPS) is 23.3. The van der Waals surface area contributed by atoms with Crippen molar-refractivity contribution in [2.24, 2.45) is 5.92 Å². The zero-order chi connectivity index (χ0) is 14.9. The van der Waals surface area contributed by atoms with E-state index >= 15 is 0 Å². The van der Waals surface area contributed by atoms with Gasteiger partial charge in [-0.05, 0) is 83.2 Å². The van der Waals surface area contributed by atoms with Crippen LogP contribution >= 0.6 is 0 Å². The number of ether oxygens (including phenoxy) is 2. The van der Waals surface area contributed by atoms with Gasteiger partial charge in [0.05, 0.1) is 6.61 Å². The SMILES string of the molecule is CNCC[C@H]1CC(C)(C)Oc2ccc(OCC3CC3)cc21. The molecule has 0 aromatic heterocycles. The number of rotatable bonds is 6. The van der Waals surface area contributed by atoms with Crippen molar-refractivity contribution in [1.82, 2.24) is 5.32 Å². The first-order valence-corrected chi connectivity index (χ1v) is 8.18. The largest absolute Gasteiger partial charge is 0.493 e. The third-order valence-corrected chi connectivity index (χ3v) is 4.47. The van der Waals surface area contributed by atoms with Gasteiger partial charge in [-0.15, -0.1) is 0 Å². The smallest absolute Gasteiger partial charge is 0.123 e. The molecule has 0 radical (unpaired) electrons. The molecule has 116 valence electrons. The highest BCUT2D eigenvalue weighted by Gasteiger charge is 2.33. The van der Waals surface area contributed by atoms with Gasteiger partial charge in [-0.2, -0.15) is 0 Å². The fraction of sp³-hybridized carbons (Fsp3) is 0.667. The molecule has 21 heavy (non-hydrogen) atoms. The Labute approximate surface area is 128 Å². The van der Waals surface area contributed by atoms with Gasteiger partial charge in [0.2, 0.25) is 0 Å². The molecule has 1 fully saturated rings. The molecule has 0 saturated heterocycles. The van der Waals surface area contributed by atoms with E-state index in [4.69, 9.17) is 9.47 Å². The van der Waals surface area contributed by atoms with E-state index in [1.165, 1.54) is 18.4 Å². The topological polar surface area (TPSA) is 30.5 Å². The molecule has 2 aliphatic rings. The van der Waals surface area contributed by atoms with Crippen LogP contribution < -0.4 is 14.8 Å². The molecule has 0 spiro atoms. The molecule has 1 aliphatic heterocycles. The maximum Gasteiger partial charge on any atom is 0.123 e. The van der Waals surface area contributed by atoms with Crippen LogP contribution in [0.25, 0.3) is 0 Å². The molecule has 1 aromatic rings. The van der Waals surface area contributed by atoms with Crippen molar-refractivity contribution in [2.75, 3.05) is 20.2 Å². The molecule has 1 saturated carbocycles.